The van der Waals surface area contributed by atoms with Crippen molar-refractivity contribution < 1.29 is 14.4 Å². The van der Waals surface area contributed by atoms with Crippen molar-refractivity contribution >= 4 is 17.7 Å². The second kappa shape index (κ2) is 5.45. The first-order chi connectivity index (χ1) is 6.00. The van der Waals surface area contributed by atoms with E-state index in [2.05, 4.69) is 0 Å². The fraction of sp³-hybridized carbons (Fsp3) is 0.667. The third-order valence-corrected chi connectivity index (χ3v) is 1.62. The van der Waals surface area contributed by atoms with Gasteiger partial charge in [-0.15, -0.1) is 0 Å². The van der Waals surface area contributed by atoms with E-state index in [9.17, 15) is 14.4 Å². The van der Waals surface area contributed by atoms with Gasteiger partial charge in [-0.05, 0) is 6.42 Å². The molecule has 0 spiro atoms. The van der Waals surface area contributed by atoms with Crippen molar-refractivity contribution in [2.45, 2.75) is 40.0 Å². The van der Waals surface area contributed by atoms with Crippen LogP contribution in [0.3, 0.4) is 0 Å². The Bertz CT molecular complexity index is 209. The Morgan fingerprint density at radius 1 is 1.08 bits per heavy atom. The highest BCUT2D eigenvalue weighted by atomic mass is 16.2. The lowest BCUT2D eigenvalue weighted by Crippen LogP contribution is -2.38. The van der Waals surface area contributed by atoms with Gasteiger partial charge in [-0.2, -0.15) is 0 Å². The van der Waals surface area contributed by atoms with Crippen LogP contribution in [0, 0.1) is 0 Å². The molecule has 0 aromatic heterocycles. The molecule has 0 heterocycles. The first-order valence-corrected chi connectivity index (χ1v) is 4.34. The quantitative estimate of drug-likeness (QED) is 0.661. The normalized spacial score (nSPS) is 9.46. The van der Waals surface area contributed by atoms with Crippen molar-refractivity contribution in [1.29, 1.82) is 0 Å². The van der Waals surface area contributed by atoms with Crippen LogP contribution in [0.1, 0.15) is 40.0 Å². The Morgan fingerprint density at radius 3 is 1.85 bits per heavy atom. The molecule has 3 amide bonds. The maximum Gasteiger partial charge on any atom is 0.236 e. The number of nitrogens with zero attached hydrogens (tertiary/aromatic N) is 1. The molecule has 0 atom stereocenters. The molecular formula is C9H15NO3. The van der Waals surface area contributed by atoms with E-state index in [1.54, 1.807) is 0 Å². The van der Waals surface area contributed by atoms with Crippen LogP contribution >= 0.6 is 0 Å². The Labute approximate surface area is 77.9 Å². The standard InChI is InChI=1S/C9H15NO3/c1-4-5-6-9(13)10(7(2)11)8(3)12/h4-6H2,1-3H3. The Kier molecular flexibility index (Phi) is 4.96. The minimum Gasteiger partial charge on any atom is -0.274 e. The van der Waals surface area contributed by atoms with E-state index in [4.69, 9.17) is 0 Å². The predicted molar refractivity (Wildman–Crippen MR) is 47.7 cm³/mol. The van der Waals surface area contributed by atoms with Gasteiger partial charge in [0.2, 0.25) is 17.7 Å². The van der Waals surface area contributed by atoms with Crippen LogP contribution in [0.2, 0.25) is 0 Å². The number of unbranched alkanes of at least 4 members (excludes halogenated alkanes) is 1. The maximum absolute atomic E-state index is 11.3. The molecule has 13 heavy (non-hydrogen) atoms. The average Bonchev–Trinajstić information content (AvgIpc) is 1.99. The van der Waals surface area contributed by atoms with E-state index in [1.807, 2.05) is 6.92 Å². The minimum absolute atomic E-state index is 0.260. The smallest absolute Gasteiger partial charge is 0.236 e. The predicted octanol–water partition coefficient (Wildman–Crippen LogP) is 1.10. The Morgan fingerprint density at radius 2 is 1.54 bits per heavy atom. The van der Waals surface area contributed by atoms with Gasteiger partial charge in [0.25, 0.3) is 0 Å². The highest BCUT2D eigenvalue weighted by Gasteiger charge is 2.20. The van der Waals surface area contributed by atoms with Gasteiger partial charge in [0, 0.05) is 20.3 Å². The molecule has 0 aliphatic carbocycles. The van der Waals surface area contributed by atoms with E-state index in [0.717, 1.165) is 6.42 Å². The van der Waals surface area contributed by atoms with Crippen molar-refractivity contribution in [3.8, 4) is 0 Å². The van der Waals surface area contributed by atoms with Gasteiger partial charge >= 0.3 is 0 Å². The van der Waals surface area contributed by atoms with Crippen molar-refractivity contribution in [2.24, 2.45) is 0 Å². The van der Waals surface area contributed by atoms with Gasteiger partial charge in [0.15, 0.2) is 0 Å². The van der Waals surface area contributed by atoms with Crippen LogP contribution < -0.4 is 0 Å². The van der Waals surface area contributed by atoms with E-state index >= 15 is 0 Å². The lowest BCUT2D eigenvalue weighted by molar-refractivity contribution is -0.152. The Balaban J connectivity index is 4.30. The van der Waals surface area contributed by atoms with Crippen molar-refractivity contribution in [3.63, 3.8) is 0 Å². The van der Waals surface area contributed by atoms with Crippen LogP contribution in [0.25, 0.3) is 0 Å². The summed E-state index contributed by atoms with van der Waals surface area (Å²) in [7, 11) is 0. The van der Waals surface area contributed by atoms with E-state index in [1.165, 1.54) is 13.8 Å². The summed E-state index contributed by atoms with van der Waals surface area (Å²) in [6.45, 7) is 4.37. The third-order valence-electron chi connectivity index (χ3n) is 1.62. The molecule has 74 valence electrons. The first-order valence-electron chi connectivity index (χ1n) is 4.34. The lowest BCUT2D eigenvalue weighted by atomic mass is 10.2. The second-order valence-electron chi connectivity index (χ2n) is 2.87. The molecule has 0 aliphatic heterocycles. The second-order valence-corrected chi connectivity index (χ2v) is 2.87. The van der Waals surface area contributed by atoms with E-state index in [-0.39, 0.29) is 6.42 Å². The highest BCUT2D eigenvalue weighted by Crippen LogP contribution is 2.01. The zero-order valence-electron chi connectivity index (χ0n) is 8.29. The summed E-state index contributed by atoms with van der Waals surface area (Å²) in [5, 5.41) is 0. The molecule has 0 saturated heterocycles. The van der Waals surface area contributed by atoms with Gasteiger partial charge < -0.3 is 0 Å². The van der Waals surface area contributed by atoms with Crippen molar-refractivity contribution in [2.75, 3.05) is 0 Å². The summed E-state index contributed by atoms with van der Waals surface area (Å²) in [5.74, 6) is -1.41. The van der Waals surface area contributed by atoms with Gasteiger partial charge in [-0.1, -0.05) is 13.3 Å². The molecule has 0 aliphatic rings. The number of carbonyl (C=O) groups excluding carboxylic acids is 3. The molecule has 0 aromatic carbocycles. The number of amides is 3. The van der Waals surface area contributed by atoms with Crippen LogP contribution in [0.5, 0.6) is 0 Å². The first kappa shape index (κ1) is 11.8. The van der Waals surface area contributed by atoms with Gasteiger partial charge in [-0.3, -0.25) is 14.4 Å². The number of carbonyl (C=O) groups is 3. The molecule has 0 saturated carbocycles. The summed E-state index contributed by atoms with van der Waals surface area (Å²) in [4.78, 5) is 33.7. The molecule has 0 rings (SSSR count). The van der Waals surface area contributed by atoms with Gasteiger partial charge in [0.1, 0.15) is 0 Å². The minimum atomic E-state index is -0.506. The number of rotatable bonds is 3. The number of hydrogen-bond acceptors (Lipinski definition) is 3. The maximum atomic E-state index is 11.3. The third kappa shape index (κ3) is 3.83. The average molecular weight is 185 g/mol. The van der Waals surface area contributed by atoms with Crippen LogP contribution in [-0.4, -0.2) is 22.6 Å². The van der Waals surface area contributed by atoms with Crippen LogP contribution in [-0.2, 0) is 14.4 Å². The summed E-state index contributed by atoms with van der Waals surface area (Å²) >= 11 is 0. The lowest BCUT2D eigenvalue weighted by Gasteiger charge is -2.14. The SMILES string of the molecule is CCCCC(=O)N(C(C)=O)C(C)=O. The van der Waals surface area contributed by atoms with Gasteiger partial charge in [-0.25, -0.2) is 4.90 Å². The molecule has 0 unspecified atom stereocenters. The summed E-state index contributed by atoms with van der Waals surface area (Å²) < 4.78 is 0. The zero-order chi connectivity index (χ0) is 10.4. The van der Waals surface area contributed by atoms with E-state index < -0.39 is 17.7 Å². The summed E-state index contributed by atoms with van der Waals surface area (Å²) in [6.07, 6.45) is 1.83. The monoisotopic (exact) mass is 185 g/mol. The molecule has 0 radical (unpaired) electrons. The summed E-state index contributed by atoms with van der Waals surface area (Å²) in [6, 6.07) is 0. The van der Waals surface area contributed by atoms with Crippen LogP contribution in [0.4, 0.5) is 0 Å². The number of hydrogen-bond donors (Lipinski definition) is 0. The largest absolute Gasteiger partial charge is 0.274 e. The molecule has 0 fully saturated rings. The fourth-order valence-electron chi connectivity index (χ4n) is 1.01. The van der Waals surface area contributed by atoms with Crippen molar-refractivity contribution in [1.82, 2.24) is 4.90 Å². The zero-order valence-corrected chi connectivity index (χ0v) is 8.29. The molecule has 0 bridgehead atoms. The van der Waals surface area contributed by atoms with Crippen molar-refractivity contribution in [3.05, 3.63) is 0 Å². The number of imide groups is 3. The van der Waals surface area contributed by atoms with Gasteiger partial charge in [0.05, 0.1) is 0 Å². The molecule has 0 N–H and O–H groups in total. The Hall–Kier alpha value is -1.19. The fourth-order valence-corrected chi connectivity index (χ4v) is 1.01. The topological polar surface area (TPSA) is 54.5 Å². The highest BCUT2D eigenvalue weighted by molar-refractivity contribution is 6.09. The van der Waals surface area contributed by atoms with Crippen LogP contribution in [0.15, 0.2) is 0 Å². The molecule has 4 heteroatoms. The van der Waals surface area contributed by atoms with E-state index in [0.29, 0.717) is 11.3 Å². The molecule has 4 nitrogen and oxygen atoms in total. The molecule has 0 aromatic rings. The summed E-state index contributed by atoms with van der Waals surface area (Å²) in [5.41, 5.74) is 0. The molecular weight excluding hydrogens is 170 g/mol.